The lowest BCUT2D eigenvalue weighted by molar-refractivity contribution is 0.261. The maximum atomic E-state index is 12.3. The van der Waals surface area contributed by atoms with Crippen molar-refractivity contribution in [2.75, 3.05) is 21.3 Å². The number of rotatable bonds is 8. The molecule has 11 nitrogen and oxygen atoms in total. The van der Waals surface area contributed by atoms with Crippen molar-refractivity contribution in [3.05, 3.63) is 108 Å². The van der Waals surface area contributed by atoms with Crippen LogP contribution in [-0.4, -0.2) is 33.5 Å². The maximum Gasteiger partial charge on any atom is 0.323 e. The van der Waals surface area contributed by atoms with Crippen LogP contribution >= 0.6 is 0 Å². The summed E-state index contributed by atoms with van der Waals surface area (Å²) in [5.74, 6) is 0. The van der Waals surface area contributed by atoms with Gasteiger partial charge in [0.05, 0.1) is 4.90 Å². The zero-order chi connectivity index (χ0) is 29.4. The summed E-state index contributed by atoms with van der Waals surface area (Å²) in [4.78, 5) is 23.9. The van der Waals surface area contributed by atoms with Gasteiger partial charge < -0.3 is 21.3 Å². The predicted molar refractivity (Wildman–Crippen MR) is 158 cm³/mol. The predicted octanol–water partition coefficient (Wildman–Crippen LogP) is 5.36. The summed E-state index contributed by atoms with van der Waals surface area (Å²) in [6.45, 7) is 0. The molecule has 0 saturated heterocycles. The average Bonchev–Trinajstić information content (AvgIpc) is 2.93. The van der Waals surface area contributed by atoms with E-state index in [1.165, 1.54) is 42.5 Å². The number of carbonyl (C=O) groups excluding carboxylic acids is 2. The van der Waals surface area contributed by atoms with Crippen molar-refractivity contribution in [1.29, 1.82) is 0 Å². The Kier molecular flexibility index (Phi) is 9.14. The van der Waals surface area contributed by atoms with Crippen LogP contribution in [0.1, 0.15) is 11.1 Å². The second-order valence-electron chi connectivity index (χ2n) is 8.48. The van der Waals surface area contributed by atoms with E-state index in [9.17, 15) is 31.0 Å². The first kappa shape index (κ1) is 29.0. The Morgan fingerprint density at radius 2 is 1.05 bits per heavy atom. The number of para-hydroxylation sites is 2. The van der Waals surface area contributed by atoms with Gasteiger partial charge in [-0.3, -0.25) is 4.55 Å². The molecule has 0 unspecified atom stereocenters. The molecule has 210 valence electrons. The second-order valence-corrected chi connectivity index (χ2v) is 10.9. The summed E-state index contributed by atoms with van der Waals surface area (Å²) in [7, 11) is -7.82. The van der Waals surface area contributed by atoms with Crippen molar-refractivity contribution in [1.82, 2.24) is 0 Å². The first-order chi connectivity index (χ1) is 19.6. The number of benzene rings is 4. The summed E-state index contributed by atoms with van der Waals surface area (Å²) >= 11 is 0. The number of urea groups is 2. The van der Waals surface area contributed by atoms with Crippen LogP contribution in [0, 0.1) is 0 Å². The third-order valence-electron chi connectivity index (χ3n) is 5.54. The van der Waals surface area contributed by atoms with Gasteiger partial charge in [0, 0.05) is 22.7 Å². The summed E-state index contributed by atoms with van der Waals surface area (Å²) < 4.78 is 57.9. The molecule has 4 aromatic carbocycles. The first-order valence-corrected chi connectivity index (χ1v) is 14.5. The summed E-state index contributed by atoms with van der Waals surface area (Å²) in [6, 6.07) is 24.1. The Morgan fingerprint density at radius 3 is 1.54 bits per heavy atom. The second kappa shape index (κ2) is 12.9. The monoisotopic (exact) mass is 592 g/mol. The standard InChI is InChI=1S/C28H24N4O7S2/c33-27(29-21-7-3-1-4-8-21)31-23-15-13-19(25(17-23)40(35)36)11-12-20-14-16-24(18-26(20)41(37,38)39)32-28(34)30-22-9-5-2-6-10-22/h1-18,40H,(H2,29,31,33)(H2,30,32,34)(H,37,38,39)/b12-11+. The molecule has 0 aliphatic carbocycles. The quantitative estimate of drug-likeness (QED) is 0.0908. The topological polar surface area (TPSA) is 171 Å². The number of hydrogen-bond donors (Lipinski definition) is 6. The molecule has 0 spiro atoms. The fraction of sp³-hybridized carbons (Fsp3) is 0. The lowest BCUT2D eigenvalue weighted by Crippen LogP contribution is -2.19. The van der Waals surface area contributed by atoms with Crippen molar-refractivity contribution in [2.24, 2.45) is 0 Å². The Morgan fingerprint density at radius 1 is 0.610 bits per heavy atom. The number of carbonyl (C=O) groups is 2. The van der Waals surface area contributed by atoms with Crippen molar-refractivity contribution in [3.8, 4) is 0 Å². The highest BCUT2D eigenvalue weighted by Crippen LogP contribution is 2.25. The number of nitrogens with one attached hydrogen (secondary N) is 4. The van der Waals surface area contributed by atoms with E-state index in [4.69, 9.17) is 0 Å². The van der Waals surface area contributed by atoms with Gasteiger partial charge in [-0.15, -0.1) is 0 Å². The van der Waals surface area contributed by atoms with Crippen molar-refractivity contribution < 1.29 is 31.0 Å². The van der Waals surface area contributed by atoms with Crippen molar-refractivity contribution in [2.45, 2.75) is 9.79 Å². The maximum absolute atomic E-state index is 12.3. The zero-order valence-electron chi connectivity index (χ0n) is 21.1. The van der Waals surface area contributed by atoms with E-state index >= 15 is 0 Å². The molecule has 0 radical (unpaired) electrons. The van der Waals surface area contributed by atoms with Gasteiger partial charge in [-0.25, -0.2) is 18.0 Å². The number of anilines is 4. The van der Waals surface area contributed by atoms with Crippen LogP contribution in [0.15, 0.2) is 107 Å². The molecule has 0 aliphatic rings. The highest BCUT2D eigenvalue weighted by Gasteiger charge is 2.16. The minimum atomic E-state index is -4.72. The first-order valence-electron chi connectivity index (χ1n) is 11.9. The fourth-order valence-electron chi connectivity index (χ4n) is 3.70. The van der Waals surface area contributed by atoms with Crippen LogP contribution in [0.3, 0.4) is 0 Å². The molecular formula is C28H24N4O7S2. The van der Waals surface area contributed by atoms with E-state index in [0.29, 0.717) is 11.4 Å². The minimum Gasteiger partial charge on any atom is -0.308 e. The van der Waals surface area contributed by atoms with Crippen LogP contribution in [0.4, 0.5) is 32.3 Å². The van der Waals surface area contributed by atoms with E-state index < -0.39 is 37.8 Å². The van der Waals surface area contributed by atoms with E-state index in [1.807, 2.05) is 0 Å². The largest absolute Gasteiger partial charge is 0.323 e. The molecule has 4 amide bonds. The molecule has 0 fully saturated rings. The molecule has 0 bridgehead atoms. The summed E-state index contributed by atoms with van der Waals surface area (Å²) in [5.41, 5.74) is 1.62. The molecule has 0 heterocycles. The number of hydrogen-bond acceptors (Lipinski definition) is 6. The van der Waals surface area contributed by atoms with Gasteiger partial charge in [-0.2, -0.15) is 8.42 Å². The highest BCUT2D eigenvalue weighted by atomic mass is 32.2. The van der Waals surface area contributed by atoms with Gasteiger partial charge in [0.15, 0.2) is 10.7 Å². The number of amides is 4. The minimum absolute atomic E-state index is 0.0398. The molecular weight excluding hydrogens is 568 g/mol. The lowest BCUT2D eigenvalue weighted by atomic mass is 10.1. The smallest absolute Gasteiger partial charge is 0.308 e. The van der Waals surface area contributed by atoms with Crippen LogP contribution in [0.5, 0.6) is 0 Å². The fourth-order valence-corrected chi connectivity index (χ4v) is 5.02. The van der Waals surface area contributed by atoms with E-state index in [2.05, 4.69) is 21.3 Å². The molecule has 41 heavy (non-hydrogen) atoms. The molecule has 0 saturated carbocycles. The molecule has 5 N–H and O–H groups in total. The van der Waals surface area contributed by atoms with Gasteiger partial charge in [0.1, 0.15) is 4.90 Å². The summed E-state index contributed by atoms with van der Waals surface area (Å²) in [6.07, 6.45) is 2.66. The molecule has 13 heteroatoms. The van der Waals surface area contributed by atoms with Crippen LogP contribution in [-0.2, 0) is 20.8 Å². The average molecular weight is 593 g/mol. The van der Waals surface area contributed by atoms with Crippen LogP contribution in [0.25, 0.3) is 12.2 Å². The molecule has 4 rings (SSSR count). The van der Waals surface area contributed by atoms with Gasteiger partial charge >= 0.3 is 12.1 Å². The highest BCUT2D eigenvalue weighted by molar-refractivity contribution is 7.86. The third kappa shape index (κ3) is 8.25. The van der Waals surface area contributed by atoms with Gasteiger partial charge in [0.2, 0.25) is 0 Å². The van der Waals surface area contributed by atoms with E-state index in [-0.39, 0.29) is 27.4 Å². The van der Waals surface area contributed by atoms with Gasteiger partial charge in [-0.1, -0.05) is 60.7 Å². The molecule has 0 aliphatic heterocycles. The number of thiol groups is 1. The van der Waals surface area contributed by atoms with Crippen molar-refractivity contribution >= 4 is 67.8 Å². The van der Waals surface area contributed by atoms with Gasteiger partial charge in [-0.05, 0) is 59.7 Å². The SMILES string of the molecule is O=C(Nc1ccccc1)Nc1ccc(/C=C/c2ccc(NC(=O)Nc3ccccc3)cc2S(=O)(=O)O)c([SH](=O)=O)c1. The van der Waals surface area contributed by atoms with Gasteiger partial charge in [0.25, 0.3) is 10.1 Å². The van der Waals surface area contributed by atoms with E-state index in [1.54, 1.807) is 60.7 Å². The lowest BCUT2D eigenvalue weighted by Gasteiger charge is -2.11. The molecule has 0 aromatic heterocycles. The van der Waals surface area contributed by atoms with Crippen molar-refractivity contribution in [3.63, 3.8) is 0 Å². The Balaban J connectivity index is 1.54. The third-order valence-corrected chi connectivity index (χ3v) is 7.23. The Hall–Kier alpha value is -4.98. The zero-order valence-corrected chi connectivity index (χ0v) is 22.9. The van der Waals surface area contributed by atoms with Crippen LogP contribution in [0.2, 0.25) is 0 Å². The Bertz CT molecular complexity index is 1780. The summed E-state index contributed by atoms with van der Waals surface area (Å²) in [5, 5.41) is 10.3. The van der Waals surface area contributed by atoms with E-state index in [0.717, 1.165) is 6.07 Å². The molecule has 0 atom stereocenters. The van der Waals surface area contributed by atoms with Crippen LogP contribution < -0.4 is 21.3 Å². The Labute approximate surface area is 237 Å². The normalized spacial score (nSPS) is 11.3. The molecule has 4 aromatic rings.